The number of methoxy groups -OCH3 is 2. The molecule has 0 spiro atoms. The number of benzene rings is 1. The van der Waals surface area contributed by atoms with Gasteiger partial charge in [0.15, 0.2) is 16.9 Å². The zero-order valence-corrected chi connectivity index (χ0v) is 13.4. The largest absolute Gasteiger partial charge is 0.493 e. The van der Waals surface area contributed by atoms with Crippen molar-refractivity contribution in [2.45, 2.75) is 6.54 Å². The molecule has 1 aliphatic rings. The van der Waals surface area contributed by atoms with Crippen LogP contribution >= 0.6 is 0 Å². The Bertz CT molecular complexity index is 903. The molecule has 8 heteroatoms. The summed E-state index contributed by atoms with van der Waals surface area (Å²) in [5, 5.41) is 4.14. The summed E-state index contributed by atoms with van der Waals surface area (Å²) >= 11 is 0. The number of carbonyl (C=O) groups excluding carboxylic acids is 1. The second-order valence-electron chi connectivity index (χ2n) is 5.36. The number of nitrogens with zero attached hydrogens (tertiary/aromatic N) is 3. The highest BCUT2D eigenvalue weighted by Gasteiger charge is 2.24. The van der Waals surface area contributed by atoms with Crippen LogP contribution < -0.4 is 19.9 Å². The smallest absolute Gasteiger partial charge is 0.322 e. The maximum Gasteiger partial charge on any atom is 0.322 e. The number of nitroso groups, excluding NO2 is 1. The molecule has 0 N–H and O–H groups in total. The fraction of sp³-hybridized carbons (Fsp3) is 0.250. The van der Waals surface area contributed by atoms with E-state index in [1.807, 2.05) is 11.1 Å². The molecule has 1 aromatic heterocycles. The van der Waals surface area contributed by atoms with E-state index in [1.165, 1.54) is 19.4 Å². The van der Waals surface area contributed by atoms with Gasteiger partial charge in [-0.05, 0) is 17.7 Å². The van der Waals surface area contributed by atoms with Crippen LogP contribution in [-0.4, -0.2) is 31.9 Å². The number of fused-ring (bicyclic) bond motifs is 3. The lowest BCUT2D eigenvalue weighted by molar-refractivity contribution is 0.0999. The minimum atomic E-state index is -1.08. The molecule has 1 aromatic carbocycles. The van der Waals surface area contributed by atoms with Gasteiger partial charge in [-0.3, -0.25) is 14.3 Å². The van der Waals surface area contributed by atoms with Gasteiger partial charge in [0.05, 0.1) is 26.5 Å². The highest BCUT2D eigenvalue weighted by molar-refractivity contribution is 5.94. The van der Waals surface area contributed by atoms with E-state index in [0.717, 1.165) is 11.1 Å². The first-order valence-corrected chi connectivity index (χ1v) is 7.11. The molecule has 8 nitrogen and oxygen atoms in total. The highest BCUT2D eigenvalue weighted by Crippen LogP contribution is 2.38. The summed E-state index contributed by atoms with van der Waals surface area (Å²) in [5.41, 5.74) is 1.52. The molecular weight excluding hydrogens is 314 g/mol. The Balaban J connectivity index is 2.27. The first-order valence-electron chi connectivity index (χ1n) is 7.11. The SMILES string of the molecule is COc1cc2c(cc1OC)-c1cc(=O)c(C(=O)N=O)cn1N(C)C2. The van der Waals surface area contributed by atoms with Crippen LogP contribution in [0.4, 0.5) is 0 Å². The lowest BCUT2D eigenvalue weighted by atomic mass is 10.00. The van der Waals surface area contributed by atoms with E-state index in [9.17, 15) is 14.5 Å². The first-order chi connectivity index (χ1) is 11.5. The zero-order valence-electron chi connectivity index (χ0n) is 13.4. The number of hydrogen-bond donors (Lipinski definition) is 0. The average molecular weight is 329 g/mol. The van der Waals surface area contributed by atoms with Crippen LogP contribution in [0.15, 0.2) is 34.4 Å². The van der Waals surface area contributed by atoms with Gasteiger partial charge >= 0.3 is 5.91 Å². The predicted molar refractivity (Wildman–Crippen MR) is 87.2 cm³/mol. The molecule has 124 valence electrons. The van der Waals surface area contributed by atoms with Gasteiger partial charge < -0.3 is 14.5 Å². The van der Waals surface area contributed by atoms with Gasteiger partial charge in [0.1, 0.15) is 5.56 Å². The summed E-state index contributed by atoms with van der Waals surface area (Å²) in [6.45, 7) is 0.522. The van der Waals surface area contributed by atoms with Crippen LogP contribution in [0.5, 0.6) is 11.5 Å². The Kier molecular flexibility index (Phi) is 3.80. The maximum atomic E-state index is 12.2. The van der Waals surface area contributed by atoms with E-state index in [1.54, 1.807) is 24.9 Å². The van der Waals surface area contributed by atoms with Crippen molar-refractivity contribution in [1.82, 2.24) is 4.68 Å². The number of amides is 1. The Morgan fingerprint density at radius 3 is 2.46 bits per heavy atom. The van der Waals surface area contributed by atoms with Gasteiger partial charge in [-0.2, -0.15) is 0 Å². The molecule has 0 unspecified atom stereocenters. The minimum absolute atomic E-state index is 0.260. The summed E-state index contributed by atoms with van der Waals surface area (Å²) in [7, 11) is 4.89. The van der Waals surface area contributed by atoms with Crippen LogP contribution in [-0.2, 0) is 6.54 Å². The molecule has 2 aromatic rings. The van der Waals surface area contributed by atoms with Crippen LogP contribution in [0.2, 0.25) is 0 Å². The van der Waals surface area contributed by atoms with Crippen molar-refractivity contribution in [3.63, 3.8) is 0 Å². The number of carbonyl (C=O) groups is 1. The molecule has 24 heavy (non-hydrogen) atoms. The van der Waals surface area contributed by atoms with Crippen molar-refractivity contribution in [2.24, 2.45) is 5.18 Å². The number of pyridine rings is 1. The van der Waals surface area contributed by atoms with Gasteiger partial charge in [0, 0.05) is 30.1 Å². The Morgan fingerprint density at radius 1 is 1.17 bits per heavy atom. The highest BCUT2D eigenvalue weighted by atomic mass is 16.5. The second-order valence-corrected chi connectivity index (χ2v) is 5.36. The van der Waals surface area contributed by atoms with Gasteiger partial charge in [-0.1, -0.05) is 0 Å². The normalized spacial score (nSPS) is 12.2. The van der Waals surface area contributed by atoms with Crippen LogP contribution in [0.25, 0.3) is 11.3 Å². The fourth-order valence-electron chi connectivity index (χ4n) is 2.83. The van der Waals surface area contributed by atoms with E-state index in [2.05, 4.69) is 5.18 Å². The lowest BCUT2D eigenvalue weighted by Gasteiger charge is -2.32. The van der Waals surface area contributed by atoms with Crippen molar-refractivity contribution < 1.29 is 14.3 Å². The topological polar surface area (TPSA) is 90.2 Å². The summed E-state index contributed by atoms with van der Waals surface area (Å²) in [5.74, 6) is 0.0497. The van der Waals surface area contributed by atoms with E-state index in [0.29, 0.717) is 23.7 Å². The van der Waals surface area contributed by atoms with Gasteiger partial charge in [-0.15, -0.1) is 4.91 Å². The van der Waals surface area contributed by atoms with Crippen molar-refractivity contribution in [3.8, 4) is 22.8 Å². The standard InChI is InChI=1S/C16H15N3O5/c1-18-7-9-4-14(23-2)15(24-3)5-10(9)12-6-13(20)11(8-19(12)18)16(21)17-22/h4-6,8H,7H2,1-3H3. The molecule has 0 atom stereocenters. The molecule has 3 rings (SSSR count). The van der Waals surface area contributed by atoms with Crippen LogP contribution in [0.3, 0.4) is 0 Å². The molecule has 1 aliphatic heterocycles. The average Bonchev–Trinajstić information content (AvgIpc) is 2.59. The molecule has 0 saturated heterocycles. The number of rotatable bonds is 3. The Hall–Kier alpha value is -3.16. The van der Waals surface area contributed by atoms with Gasteiger partial charge in [0.2, 0.25) is 0 Å². The molecule has 0 bridgehead atoms. The zero-order chi connectivity index (χ0) is 17.4. The van der Waals surface area contributed by atoms with E-state index < -0.39 is 11.3 Å². The molecule has 2 heterocycles. The third kappa shape index (κ3) is 2.32. The number of hydrogen-bond acceptors (Lipinski definition) is 6. The minimum Gasteiger partial charge on any atom is -0.493 e. The molecule has 0 aliphatic carbocycles. The van der Waals surface area contributed by atoms with Crippen molar-refractivity contribution in [3.05, 3.63) is 50.7 Å². The second kappa shape index (κ2) is 5.80. The third-order valence-electron chi connectivity index (χ3n) is 4.00. The van der Waals surface area contributed by atoms with E-state index in [4.69, 9.17) is 9.47 Å². The monoisotopic (exact) mass is 329 g/mol. The molecule has 0 saturated carbocycles. The van der Waals surface area contributed by atoms with Crippen LogP contribution in [0, 0.1) is 4.91 Å². The van der Waals surface area contributed by atoms with Crippen molar-refractivity contribution in [1.29, 1.82) is 0 Å². The van der Waals surface area contributed by atoms with E-state index in [-0.39, 0.29) is 5.56 Å². The summed E-state index contributed by atoms with van der Waals surface area (Å²) in [4.78, 5) is 34.2. The predicted octanol–water partition coefficient (Wildman–Crippen LogP) is 1.52. The molecule has 1 amide bonds. The summed E-state index contributed by atoms with van der Waals surface area (Å²) in [6, 6.07) is 4.95. The van der Waals surface area contributed by atoms with Crippen molar-refractivity contribution >= 4 is 5.91 Å². The van der Waals surface area contributed by atoms with Crippen molar-refractivity contribution in [2.75, 3.05) is 26.3 Å². The Morgan fingerprint density at radius 2 is 1.83 bits per heavy atom. The summed E-state index contributed by atoms with van der Waals surface area (Å²) < 4.78 is 12.3. The molecule has 0 fully saturated rings. The quantitative estimate of drug-likeness (QED) is 0.793. The van der Waals surface area contributed by atoms with Gasteiger partial charge in [0.25, 0.3) is 0 Å². The number of aromatic nitrogens is 1. The number of ether oxygens (including phenoxy) is 2. The third-order valence-corrected chi connectivity index (χ3v) is 4.00. The van der Waals surface area contributed by atoms with Crippen LogP contribution in [0.1, 0.15) is 15.9 Å². The maximum absolute atomic E-state index is 12.2. The van der Waals surface area contributed by atoms with Gasteiger partial charge in [-0.25, -0.2) is 0 Å². The molecule has 0 radical (unpaired) electrons. The fourth-order valence-corrected chi connectivity index (χ4v) is 2.83. The van der Waals surface area contributed by atoms with E-state index >= 15 is 0 Å². The summed E-state index contributed by atoms with van der Waals surface area (Å²) in [6.07, 6.45) is 1.33. The lowest BCUT2D eigenvalue weighted by Crippen LogP contribution is -2.36. The first kappa shape index (κ1) is 15.7. The molecular formula is C16H15N3O5. The Labute approximate surface area is 137 Å².